The maximum atomic E-state index is 10.2. The number of hydrogen-bond acceptors (Lipinski definition) is 8. The van der Waals surface area contributed by atoms with Gasteiger partial charge >= 0.3 is 0 Å². The Morgan fingerprint density at radius 1 is 0.405 bits per heavy atom. The van der Waals surface area contributed by atoms with Gasteiger partial charge in [0.1, 0.15) is 24.7 Å². The van der Waals surface area contributed by atoms with E-state index in [0.717, 1.165) is 50.4 Å². The van der Waals surface area contributed by atoms with Crippen LogP contribution in [0, 0.1) is 20.8 Å². The molecule has 380 valence electrons. The number of phenols is 3. The smallest absolute Gasteiger partial charge is 0.157 e. The van der Waals surface area contributed by atoms with E-state index in [2.05, 4.69) is 40.2 Å². The van der Waals surface area contributed by atoms with Crippen LogP contribution in [-0.4, -0.2) is 15.3 Å². The first-order valence-electron chi connectivity index (χ1n) is 23.4. The summed E-state index contributed by atoms with van der Waals surface area (Å²) in [7, 11) is 0. The lowest BCUT2D eigenvalue weighted by Crippen LogP contribution is -2.05. The molecule has 0 aliphatic carbocycles. The van der Waals surface area contributed by atoms with Gasteiger partial charge in [0.2, 0.25) is 0 Å². The van der Waals surface area contributed by atoms with E-state index in [4.69, 9.17) is 79.1 Å². The fourth-order valence-electron chi connectivity index (χ4n) is 7.70. The predicted octanol–water partition coefficient (Wildman–Crippen LogP) is 18.2. The number of benzene rings is 9. The van der Waals surface area contributed by atoms with Crippen molar-refractivity contribution in [2.75, 3.05) is 16.0 Å². The Morgan fingerprint density at radius 3 is 1.54 bits per heavy atom. The number of ether oxygens (including phenoxy) is 2. The third-order valence-electron chi connectivity index (χ3n) is 12.0. The van der Waals surface area contributed by atoms with Crippen LogP contribution < -0.4 is 25.4 Å². The Kier molecular flexibility index (Phi) is 19.8. The van der Waals surface area contributed by atoms with Crippen LogP contribution in [0.4, 0.5) is 17.1 Å². The number of anilines is 3. The molecule has 0 fully saturated rings. The van der Waals surface area contributed by atoms with Gasteiger partial charge in [-0.1, -0.05) is 203 Å². The van der Waals surface area contributed by atoms with Crippen molar-refractivity contribution >= 4 is 97.4 Å². The molecule has 74 heavy (non-hydrogen) atoms. The highest BCUT2D eigenvalue weighted by Gasteiger charge is 2.16. The average molecular weight is 1110 g/mol. The van der Waals surface area contributed by atoms with Crippen molar-refractivity contribution in [3.63, 3.8) is 0 Å². The maximum absolute atomic E-state index is 10.2. The molecule has 0 spiro atoms. The molecular weight excluding hydrogens is 1060 g/mol. The topological polar surface area (TPSA) is 115 Å². The summed E-state index contributed by atoms with van der Waals surface area (Å²) in [4.78, 5) is 0. The van der Waals surface area contributed by atoms with E-state index >= 15 is 0 Å². The molecule has 9 aromatic carbocycles. The Morgan fingerprint density at radius 2 is 0.892 bits per heavy atom. The fraction of sp³-hybridized carbons (Fsp3) is 0.133. The molecule has 6 N–H and O–H groups in total. The van der Waals surface area contributed by atoms with Crippen molar-refractivity contribution < 1.29 is 24.8 Å². The second-order valence-electron chi connectivity index (χ2n) is 17.1. The summed E-state index contributed by atoms with van der Waals surface area (Å²) in [5.41, 5.74) is 9.13. The summed E-state index contributed by atoms with van der Waals surface area (Å²) in [5.74, 6) is 1.61. The zero-order chi connectivity index (χ0) is 52.7. The third kappa shape index (κ3) is 14.6. The lowest BCUT2D eigenvalue weighted by Gasteiger charge is -2.16. The van der Waals surface area contributed by atoms with E-state index in [1.807, 2.05) is 141 Å². The number of nitrogens with one attached hydrogen (secondary N) is 3. The number of rotatable bonds is 15. The molecule has 8 nitrogen and oxygen atoms in total. The summed E-state index contributed by atoms with van der Waals surface area (Å²) >= 11 is 36.6. The van der Waals surface area contributed by atoms with E-state index in [-0.39, 0.29) is 32.3 Å². The van der Waals surface area contributed by atoms with Crippen molar-refractivity contribution in [3.8, 4) is 28.7 Å². The lowest BCUT2D eigenvalue weighted by molar-refractivity contribution is 0.303. The molecule has 0 aliphatic heterocycles. The molecule has 9 rings (SSSR count). The first-order chi connectivity index (χ1) is 35.7. The predicted molar refractivity (Wildman–Crippen MR) is 309 cm³/mol. The minimum Gasteiger partial charge on any atom is -0.504 e. The maximum Gasteiger partial charge on any atom is 0.157 e. The number of halogens is 6. The van der Waals surface area contributed by atoms with Gasteiger partial charge in [0.25, 0.3) is 0 Å². The molecule has 0 radical (unpaired) electrons. The number of phenolic OH excluding ortho intramolecular Hbond substituents is 3. The van der Waals surface area contributed by atoms with E-state index in [0.29, 0.717) is 70.5 Å². The molecule has 14 heteroatoms. The van der Waals surface area contributed by atoms with Crippen LogP contribution in [0.15, 0.2) is 170 Å². The largest absolute Gasteiger partial charge is 0.504 e. The van der Waals surface area contributed by atoms with Crippen LogP contribution in [0.3, 0.4) is 0 Å². The van der Waals surface area contributed by atoms with Gasteiger partial charge in [-0.3, -0.25) is 0 Å². The van der Waals surface area contributed by atoms with Gasteiger partial charge < -0.3 is 40.7 Å². The summed E-state index contributed by atoms with van der Waals surface area (Å²) in [6.07, 6.45) is 0. The summed E-state index contributed by atoms with van der Waals surface area (Å²) in [6, 6.07) is 54.8. The first-order valence-corrected chi connectivity index (χ1v) is 25.7. The van der Waals surface area contributed by atoms with Gasteiger partial charge in [-0.25, -0.2) is 0 Å². The van der Waals surface area contributed by atoms with Gasteiger partial charge in [-0.2, -0.15) is 0 Å². The molecule has 0 bridgehead atoms. The monoisotopic (exact) mass is 1110 g/mol. The van der Waals surface area contributed by atoms with Crippen molar-refractivity contribution in [2.45, 2.75) is 53.6 Å². The molecule has 0 saturated carbocycles. The minimum atomic E-state index is -0.00347. The summed E-state index contributed by atoms with van der Waals surface area (Å²) < 4.78 is 11.8. The zero-order valence-electron chi connectivity index (χ0n) is 40.6. The van der Waals surface area contributed by atoms with Crippen LogP contribution in [0.1, 0.15) is 44.5 Å². The van der Waals surface area contributed by atoms with E-state index in [1.54, 1.807) is 13.0 Å². The highest BCUT2D eigenvalue weighted by atomic mass is 35.5. The minimum absolute atomic E-state index is 0.00347. The Balaban J connectivity index is 0.000000163. The van der Waals surface area contributed by atoms with Gasteiger partial charge in [0.15, 0.2) is 17.2 Å². The van der Waals surface area contributed by atoms with Crippen LogP contribution in [-0.2, 0) is 32.8 Å². The van der Waals surface area contributed by atoms with E-state index < -0.39 is 0 Å². The highest BCUT2D eigenvalue weighted by molar-refractivity contribution is 6.38. The average Bonchev–Trinajstić information content (AvgIpc) is 3.42. The SMILES string of the molecule is Cc1c(Cl)cc(Cl)c(O)c1NCc1cccc(OCc2ccccc2)c1.Cc1c(Cl)cc(Cl)c(O)c1NCc1ccccc1OCc1ccccc1.Cc1c(Cl)cc(NCc2cccc3ccccc23)c(O)c1Cl. The number of fused-ring (bicyclic) bond motifs is 1. The summed E-state index contributed by atoms with van der Waals surface area (Å²) in [5, 5.41) is 44.8. The second-order valence-corrected chi connectivity index (χ2v) is 19.5. The molecule has 0 aliphatic rings. The van der Waals surface area contributed by atoms with Gasteiger partial charge in [-0.05, 0) is 107 Å². The number of aromatic hydroxyl groups is 3. The van der Waals surface area contributed by atoms with Gasteiger partial charge in [0.05, 0.1) is 32.1 Å². The fourth-order valence-corrected chi connectivity index (χ4v) is 9.08. The van der Waals surface area contributed by atoms with E-state index in [1.165, 1.54) is 22.9 Å². The third-order valence-corrected chi connectivity index (χ3v) is 14.2. The van der Waals surface area contributed by atoms with Gasteiger partial charge in [0, 0.05) is 40.3 Å². The van der Waals surface area contributed by atoms with Gasteiger partial charge in [-0.15, -0.1) is 0 Å². The van der Waals surface area contributed by atoms with Crippen molar-refractivity contribution in [1.82, 2.24) is 0 Å². The molecule has 0 heterocycles. The molecule has 0 saturated heterocycles. The Labute approximate surface area is 462 Å². The Bertz CT molecular complexity index is 3290. The molecule has 0 amide bonds. The lowest BCUT2D eigenvalue weighted by atomic mass is 10.0. The number of hydrogen-bond donors (Lipinski definition) is 6. The molecular formula is C60H53Cl6N3O5. The van der Waals surface area contributed by atoms with Crippen LogP contribution >= 0.6 is 69.6 Å². The first kappa shape index (κ1) is 55.1. The Hall–Kier alpha value is -6.62. The van der Waals surface area contributed by atoms with Crippen LogP contribution in [0.5, 0.6) is 28.7 Å². The molecule has 0 aromatic heterocycles. The van der Waals surface area contributed by atoms with Crippen molar-refractivity contribution in [2.24, 2.45) is 0 Å². The normalized spacial score (nSPS) is 10.7. The standard InChI is InChI=1S/2C21H19Cl2NO2.C18H15Cl2NO/c1-14-17(22)11-18(23)21(25)20(14)24-12-16-9-5-6-10-19(16)26-13-15-7-3-2-4-8-15;1-14-18(22)11-19(23)21(25)20(14)24-12-16-8-5-9-17(10-16)26-13-15-6-3-2-4-7-15;1-11-15(19)9-16(18(22)17(11)20)21-10-13-7-4-6-12-5-2-3-8-14(12)13/h2*2-11,24-25H,12-13H2,1H3;2-9,21-22H,10H2,1H3. The molecule has 0 unspecified atom stereocenters. The van der Waals surface area contributed by atoms with Crippen LogP contribution in [0.25, 0.3) is 10.8 Å². The summed E-state index contributed by atoms with van der Waals surface area (Å²) in [6.45, 7) is 8.00. The van der Waals surface area contributed by atoms with Crippen molar-refractivity contribution in [3.05, 3.63) is 245 Å². The molecule has 9 aromatic rings. The van der Waals surface area contributed by atoms with Crippen LogP contribution in [0.2, 0.25) is 30.1 Å². The number of para-hydroxylation sites is 1. The quantitative estimate of drug-likeness (QED) is 0.0563. The molecule has 0 atom stereocenters. The van der Waals surface area contributed by atoms with E-state index in [9.17, 15) is 15.3 Å². The highest BCUT2D eigenvalue weighted by Crippen LogP contribution is 2.42. The van der Waals surface area contributed by atoms with Crippen molar-refractivity contribution in [1.29, 1.82) is 0 Å². The zero-order valence-corrected chi connectivity index (χ0v) is 45.2. The second kappa shape index (κ2) is 26.5.